The molecule has 0 saturated carbocycles. The topological polar surface area (TPSA) is 96.9 Å². The third-order valence-electron chi connectivity index (χ3n) is 5.29. The normalized spacial score (nSPS) is 12.7. The van der Waals surface area contributed by atoms with E-state index in [4.69, 9.17) is 11.5 Å². The maximum absolute atomic E-state index is 13.1. The molecule has 0 fully saturated rings. The molecule has 0 radical (unpaired) electrons. The molecular weight excluding hydrogens is 438 g/mol. The number of nitrogens with two attached hydrogens (primary N) is 2. The molecule has 1 amide bonds. The third-order valence-corrected chi connectivity index (χ3v) is 5.29. The predicted molar refractivity (Wildman–Crippen MR) is 131 cm³/mol. The number of aromatic amines is 1. The first-order valence-corrected chi connectivity index (χ1v) is 10.0. The van der Waals surface area contributed by atoms with Crippen molar-refractivity contribution in [2.75, 3.05) is 6.54 Å². The Morgan fingerprint density at radius 1 is 1.00 bits per heavy atom. The largest absolute Gasteiger partial charge is 0.351 e. The molecule has 0 aliphatic heterocycles. The van der Waals surface area contributed by atoms with Crippen molar-refractivity contribution in [1.82, 2.24) is 10.3 Å². The lowest BCUT2D eigenvalue weighted by atomic mass is 9.98. The summed E-state index contributed by atoms with van der Waals surface area (Å²) in [5.74, 6) is -0.0316. The molecule has 3 rings (SSSR count). The van der Waals surface area contributed by atoms with Gasteiger partial charge in [0.25, 0.3) is 5.91 Å². The number of carbonyl (C=O) groups excluding carboxylic acids is 1. The number of hydrogen-bond donors (Lipinski definition) is 4. The monoisotopic (exact) mass is 468 g/mol. The molecule has 31 heavy (non-hydrogen) atoms. The van der Waals surface area contributed by atoms with Gasteiger partial charge in [0.1, 0.15) is 11.5 Å². The molecule has 1 aromatic heterocycles. The number of carbonyl (C=O) groups is 1. The summed E-state index contributed by atoms with van der Waals surface area (Å²) in [6, 6.07) is 14.0. The number of aromatic nitrogens is 1. The van der Waals surface area contributed by atoms with Gasteiger partial charge in [0.15, 0.2) is 0 Å². The third kappa shape index (κ3) is 7.21. The van der Waals surface area contributed by atoms with Crippen LogP contribution in [-0.4, -0.2) is 29.5 Å². The summed E-state index contributed by atoms with van der Waals surface area (Å²) >= 11 is 0. The Bertz CT molecular complexity index is 975. The highest BCUT2D eigenvalue weighted by Gasteiger charge is 2.14. The van der Waals surface area contributed by atoms with Crippen LogP contribution in [0.25, 0.3) is 22.0 Å². The molecule has 8 heteroatoms. The van der Waals surface area contributed by atoms with Gasteiger partial charge in [0.2, 0.25) is 0 Å². The molecule has 170 valence electrons. The van der Waals surface area contributed by atoms with Crippen molar-refractivity contribution in [3.8, 4) is 11.1 Å². The fourth-order valence-electron chi connectivity index (χ4n) is 3.24. The minimum absolute atomic E-state index is 0. The van der Waals surface area contributed by atoms with E-state index in [0.29, 0.717) is 18.2 Å². The Kier molecular flexibility index (Phi) is 10.5. The SMILES string of the molecule is CC(C)C(N)CCC(N)CNC(=O)c1cc2cc(-c3ccc(F)cc3)ccc2[nH]1.Cl.Cl. The van der Waals surface area contributed by atoms with Gasteiger partial charge in [-0.05, 0) is 60.2 Å². The van der Waals surface area contributed by atoms with Crippen molar-refractivity contribution in [3.05, 3.63) is 60.0 Å². The number of nitrogens with one attached hydrogen (secondary N) is 2. The molecule has 0 bridgehead atoms. The second-order valence-corrected chi connectivity index (χ2v) is 7.95. The van der Waals surface area contributed by atoms with Crippen LogP contribution < -0.4 is 16.8 Å². The average molecular weight is 469 g/mol. The molecule has 2 aromatic carbocycles. The summed E-state index contributed by atoms with van der Waals surface area (Å²) in [5.41, 5.74) is 15.4. The van der Waals surface area contributed by atoms with Crippen molar-refractivity contribution in [2.24, 2.45) is 17.4 Å². The first-order chi connectivity index (χ1) is 13.8. The smallest absolute Gasteiger partial charge is 0.267 e. The van der Waals surface area contributed by atoms with Crippen LogP contribution in [0.4, 0.5) is 4.39 Å². The summed E-state index contributed by atoms with van der Waals surface area (Å²) in [4.78, 5) is 15.6. The van der Waals surface area contributed by atoms with Crippen molar-refractivity contribution in [2.45, 2.75) is 38.8 Å². The highest BCUT2D eigenvalue weighted by atomic mass is 35.5. The van der Waals surface area contributed by atoms with Crippen LogP contribution in [-0.2, 0) is 0 Å². The van der Waals surface area contributed by atoms with Crippen LogP contribution in [0.15, 0.2) is 48.5 Å². The van der Waals surface area contributed by atoms with Gasteiger partial charge < -0.3 is 21.8 Å². The Labute approximate surface area is 195 Å². The average Bonchev–Trinajstić information content (AvgIpc) is 3.14. The van der Waals surface area contributed by atoms with E-state index in [1.165, 1.54) is 12.1 Å². The number of H-pyrrole nitrogens is 1. The van der Waals surface area contributed by atoms with Gasteiger partial charge >= 0.3 is 0 Å². The van der Waals surface area contributed by atoms with E-state index >= 15 is 0 Å². The second kappa shape index (κ2) is 12.1. The second-order valence-electron chi connectivity index (χ2n) is 7.95. The van der Waals surface area contributed by atoms with Crippen LogP contribution >= 0.6 is 24.8 Å². The Morgan fingerprint density at radius 3 is 2.29 bits per heavy atom. The van der Waals surface area contributed by atoms with Gasteiger partial charge in [-0.1, -0.05) is 32.0 Å². The minimum atomic E-state index is -0.264. The number of amides is 1. The van der Waals surface area contributed by atoms with Gasteiger partial charge in [-0.15, -0.1) is 24.8 Å². The van der Waals surface area contributed by atoms with Gasteiger partial charge in [-0.3, -0.25) is 4.79 Å². The molecule has 1 heterocycles. The minimum Gasteiger partial charge on any atom is -0.351 e. The van der Waals surface area contributed by atoms with E-state index < -0.39 is 0 Å². The number of hydrogen-bond acceptors (Lipinski definition) is 3. The lowest BCUT2D eigenvalue weighted by Gasteiger charge is -2.18. The molecule has 3 aromatic rings. The van der Waals surface area contributed by atoms with E-state index in [1.807, 2.05) is 24.3 Å². The van der Waals surface area contributed by atoms with E-state index in [2.05, 4.69) is 24.1 Å². The van der Waals surface area contributed by atoms with E-state index in [9.17, 15) is 9.18 Å². The number of halogens is 3. The maximum atomic E-state index is 13.1. The fourth-order valence-corrected chi connectivity index (χ4v) is 3.24. The Balaban J connectivity index is 0.00000240. The highest BCUT2D eigenvalue weighted by molar-refractivity contribution is 5.98. The first kappa shape index (κ1) is 26.9. The summed E-state index contributed by atoms with van der Waals surface area (Å²) in [6.07, 6.45) is 1.61. The molecule has 0 aliphatic carbocycles. The van der Waals surface area contributed by atoms with E-state index in [1.54, 1.807) is 12.1 Å². The van der Waals surface area contributed by atoms with Crippen molar-refractivity contribution < 1.29 is 9.18 Å². The van der Waals surface area contributed by atoms with Crippen molar-refractivity contribution in [3.63, 3.8) is 0 Å². The molecule has 0 spiro atoms. The molecule has 2 atom stereocenters. The van der Waals surface area contributed by atoms with Gasteiger partial charge in [0, 0.05) is 29.5 Å². The molecule has 0 aliphatic rings. The molecule has 2 unspecified atom stereocenters. The predicted octanol–water partition coefficient (Wildman–Crippen LogP) is 4.64. The lowest BCUT2D eigenvalue weighted by Crippen LogP contribution is -2.39. The number of rotatable bonds is 8. The molecule has 0 saturated heterocycles. The summed E-state index contributed by atoms with van der Waals surface area (Å²) < 4.78 is 13.1. The molecular formula is C23H31Cl2FN4O. The van der Waals surface area contributed by atoms with E-state index in [0.717, 1.165) is 34.9 Å². The van der Waals surface area contributed by atoms with Gasteiger partial charge in [0.05, 0.1) is 0 Å². The van der Waals surface area contributed by atoms with E-state index in [-0.39, 0.29) is 48.6 Å². The Morgan fingerprint density at radius 2 is 1.65 bits per heavy atom. The number of benzene rings is 2. The molecule has 6 N–H and O–H groups in total. The zero-order valence-corrected chi connectivity index (χ0v) is 19.4. The van der Waals surface area contributed by atoms with Gasteiger partial charge in [-0.25, -0.2) is 4.39 Å². The van der Waals surface area contributed by atoms with Crippen LogP contribution in [0.2, 0.25) is 0 Å². The number of fused-ring (bicyclic) bond motifs is 1. The highest BCUT2D eigenvalue weighted by Crippen LogP contribution is 2.25. The van der Waals surface area contributed by atoms with Crippen LogP contribution in [0.3, 0.4) is 0 Å². The summed E-state index contributed by atoms with van der Waals surface area (Å²) in [5, 5.41) is 3.81. The summed E-state index contributed by atoms with van der Waals surface area (Å²) in [6.45, 7) is 4.59. The first-order valence-electron chi connectivity index (χ1n) is 10.0. The van der Waals surface area contributed by atoms with Crippen LogP contribution in [0, 0.1) is 11.7 Å². The zero-order valence-electron chi connectivity index (χ0n) is 17.7. The zero-order chi connectivity index (χ0) is 21.0. The summed E-state index contributed by atoms with van der Waals surface area (Å²) in [7, 11) is 0. The van der Waals surface area contributed by atoms with Crippen molar-refractivity contribution >= 4 is 41.6 Å². The van der Waals surface area contributed by atoms with Crippen molar-refractivity contribution in [1.29, 1.82) is 0 Å². The van der Waals surface area contributed by atoms with Crippen LogP contribution in [0.5, 0.6) is 0 Å². The standard InChI is InChI=1S/C23H29FN4O.2ClH/c1-14(2)20(26)9-8-19(25)13-27-23(29)22-12-17-11-16(5-10-21(17)28-22)15-3-6-18(24)7-4-15;;/h3-7,10-12,14,19-20,28H,8-9,13,25-26H2,1-2H3,(H,27,29);2*1H. The Hall–Kier alpha value is -2.12. The fraction of sp³-hybridized carbons (Fsp3) is 0.348. The quantitative estimate of drug-likeness (QED) is 0.387. The maximum Gasteiger partial charge on any atom is 0.267 e. The van der Waals surface area contributed by atoms with Gasteiger partial charge in [-0.2, -0.15) is 0 Å². The lowest BCUT2D eigenvalue weighted by molar-refractivity contribution is 0.0946. The van der Waals surface area contributed by atoms with Crippen LogP contribution in [0.1, 0.15) is 37.2 Å². The molecule has 5 nitrogen and oxygen atoms in total.